The Bertz CT molecular complexity index is 588. The molecule has 0 spiro atoms. The lowest BCUT2D eigenvalue weighted by molar-refractivity contribution is 0.0735. The van der Waals surface area contributed by atoms with E-state index in [1.54, 1.807) is 18.2 Å². The highest BCUT2D eigenvalue weighted by Gasteiger charge is 2.08. The number of nitrogens with one attached hydrogen (secondary N) is 1. The van der Waals surface area contributed by atoms with Crippen molar-refractivity contribution in [2.45, 2.75) is 13.8 Å². The molecule has 0 fully saturated rings. The molecule has 0 radical (unpaired) electrons. The topological polar surface area (TPSA) is 38.3 Å². The molecule has 3 heteroatoms. The molecule has 0 aromatic heterocycles. The molecule has 0 atom stereocenters. The van der Waals surface area contributed by atoms with E-state index < -0.39 is 0 Å². The number of hydrogen-bond acceptors (Lipinski definition) is 3. The van der Waals surface area contributed by atoms with Crippen molar-refractivity contribution >= 4 is 11.7 Å². The van der Waals surface area contributed by atoms with Crippen LogP contribution in [0.4, 0.5) is 5.69 Å². The van der Waals surface area contributed by atoms with Crippen LogP contribution in [0.3, 0.4) is 0 Å². The van der Waals surface area contributed by atoms with E-state index in [0.717, 1.165) is 16.8 Å². The molecule has 0 aliphatic rings. The maximum absolute atomic E-state index is 12.0. The minimum absolute atomic E-state index is 0.336. The summed E-state index contributed by atoms with van der Waals surface area (Å²) in [4.78, 5) is 12.0. The van der Waals surface area contributed by atoms with Crippen LogP contribution in [-0.4, -0.2) is 13.0 Å². The summed E-state index contributed by atoms with van der Waals surface area (Å²) in [5.41, 5.74) is 3.73. The summed E-state index contributed by atoms with van der Waals surface area (Å²) in [6.45, 7) is 3.95. The van der Waals surface area contributed by atoms with E-state index in [-0.39, 0.29) is 5.97 Å². The van der Waals surface area contributed by atoms with Crippen LogP contribution < -0.4 is 10.1 Å². The van der Waals surface area contributed by atoms with E-state index in [9.17, 15) is 4.79 Å². The number of aryl methyl sites for hydroxylation is 2. The first-order chi connectivity index (χ1) is 9.10. The van der Waals surface area contributed by atoms with Gasteiger partial charge in [-0.25, -0.2) is 4.79 Å². The summed E-state index contributed by atoms with van der Waals surface area (Å²) in [6.07, 6.45) is 0. The lowest BCUT2D eigenvalue weighted by Gasteiger charge is -2.08. The lowest BCUT2D eigenvalue weighted by Crippen LogP contribution is -2.08. The fraction of sp³-hybridized carbons (Fsp3) is 0.188. The Morgan fingerprint density at radius 3 is 2.32 bits per heavy atom. The van der Waals surface area contributed by atoms with Crippen LogP contribution in [0, 0.1) is 13.8 Å². The minimum Gasteiger partial charge on any atom is -0.423 e. The molecule has 2 aromatic carbocycles. The van der Waals surface area contributed by atoms with Gasteiger partial charge < -0.3 is 10.1 Å². The van der Waals surface area contributed by atoms with Gasteiger partial charge in [-0.2, -0.15) is 0 Å². The Labute approximate surface area is 113 Å². The van der Waals surface area contributed by atoms with Gasteiger partial charge in [0.1, 0.15) is 5.75 Å². The van der Waals surface area contributed by atoms with E-state index in [2.05, 4.69) is 5.32 Å². The summed E-state index contributed by atoms with van der Waals surface area (Å²) in [5, 5.41) is 3.07. The lowest BCUT2D eigenvalue weighted by atomic mass is 10.1. The molecule has 19 heavy (non-hydrogen) atoms. The maximum atomic E-state index is 12.0. The number of rotatable bonds is 3. The van der Waals surface area contributed by atoms with Crippen LogP contribution in [0.2, 0.25) is 0 Å². The quantitative estimate of drug-likeness (QED) is 0.673. The normalized spacial score (nSPS) is 10.1. The molecule has 0 aliphatic heterocycles. The Hall–Kier alpha value is -2.29. The Balaban J connectivity index is 2.14. The van der Waals surface area contributed by atoms with Crippen molar-refractivity contribution in [1.82, 2.24) is 0 Å². The first-order valence-electron chi connectivity index (χ1n) is 6.17. The number of hydrogen-bond donors (Lipinski definition) is 1. The van der Waals surface area contributed by atoms with Gasteiger partial charge in [0.15, 0.2) is 0 Å². The van der Waals surface area contributed by atoms with Gasteiger partial charge in [-0.3, -0.25) is 0 Å². The molecule has 1 N–H and O–H groups in total. The van der Waals surface area contributed by atoms with Crippen LogP contribution in [0.1, 0.15) is 21.5 Å². The average Bonchev–Trinajstić information content (AvgIpc) is 2.39. The van der Waals surface area contributed by atoms with Crippen molar-refractivity contribution < 1.29 is 9.53 Å². The van der Waals surface area contributed by atoms with Crippen molar-refractivity contribution in [3.63, 3.8) is 0 Å². The highest BCUT2D eigenvalue weighted by Crippen LogP contribution is 2.21. The zero-order valence-electron chi connectivity index (χ0n) is 11.4. The fourth-order valence-corrected chi connectivity index (χ4v) is 1.84. The molecule has 0 heterocycles. The fourth-order valence-electron chi connectivity index (χ4n) is 1.84. The molecule has 0 saturated carbocycles. The standard InChI is InChI=1S/C16H17NO2/c1-11-4-6-13(7-5-11)16(18)19-14-8-9-15(17-3)12(2)10-14/h4-10,17H,1-3H3. The molecular formula is C16H17NO2. The molecule has 0 saturated heterocycles. The maximum Gasteiger partial charge on any atom is 0.343 e. The summed E-state index contributed by atoms with van der Waals surface area (Å²) >= 11 is 0. The number of carbonyl (C=O) groups excluding carboxylic acids is 1. The Kier molecular flexibility index (Phi) is 3.85. The van der Waals surface area contributed by atoms with Gasteiger partial charge in [0.05, 0.1) is 5.56 Å². The van der Waals surface area contributed by atoms with Gasteiger partial charge in [0.25, 0.3) is 0 Å². The summed E-state index contributed by atoms with van der Waals surface area (Å²) in [6, 6.07) is 12.9. The summed E-state index contributed by atoms with van der Waals surface area (Å²) < 4.78 is 5.35. The third-order valence-corrected chi connectivity index (χ3v) is 2.97. The monoisotopic (exact) mass is 255 g/mol. The zero-order valence-corrected chi connectivity index (χ0v) is 11.4. The van der Waals surface area contributed by atoms with Gasteiger partial charge in [0, 0.05) is 12.7 Å². The predicted molar refractivity (Wildman–Crippen MR) is 76.9 cm³/mol. The van der Waals surface area contributed by atoms with Gasteiger partial charge in [-0.05, 0) is 49.7 Å². The van der Waals surface area contributed by atoms with E-state index in [0.29, 0.717) is 11.3 Å². The molecule has 2 rings (SSSR count). The van der Waals surface area contributed by atoms with Crippen LogP contribution >= 0.6 is 0 Å². The average molecular weight is 255 g/mol. The molecule has 0 bridgehead atoms. The van der Waals surface area contributed by atoms with Crippen LogP contribution in [0.25, 0.3) is 0 Å². The number of anilines is 1. The molecular weight excluding hydrogens is 238 g/mol. The van der Waals surface area contributed by atoms with Crippen molar-refractivity contribution in [2.75, 3.05) is 12.4 Å². The third kappa shape index (κ3) is 3.13. The first kappa shape index (κ1) is 13.1. The summed E-state index contributed by atoms with van der Waals surface area (Å²) in [7, 11) is 1.86. The predicted octanol–water partition coefficient (Wildman–Crippen LogP) is 3.56. The highest BCUT2D eigenvalue weighted by molar-refractivity contribution is 5.91. The minimum atomic E-state index is -0.336. The van der Waals surface area contributed by atoms with Crippen molar-refractivity contribution in [3.8, 4) is 5.75 Å². The first-order valence-corrected chi connectivity index (χ1v) is 6.17. The zero-order chi connectivity index (χ0) is 13.8. The van der Waals surface area contributed by atoms with Crippen molar-refractivity contribution in [1.29, 1.82) is 0 Å². The van der Waals surface area contributed by atoms with E-state index in [1.807, 2.05) is 45.2 Å². The van der Waals surface area contributed by atoms with Crippen molar-refractivity contribution in [2.24, 2.45) is 0 Å². The molecule has 2 aromatic rings. The van der Waals surface area contributed by atoms with Gasteiger partial charge in [0.2, 0.25) is 0 Å². The number of carbonyl (C=O) groups is 1. The smallest absolute Gasteiger partial charge is 0.343 e. The molecule has 0 unspecified atom stereocenters. The second-order valence-electron chi connectivity index (χ2n) is 4.48. The van der Waals surface area contributed by atoms with E-state index in [4.69, 9.17) is 4.74 Å². The molecule has 98 valence electrons. The van der Waals surface area contributed by atoms with Crippen molar-refractivity contribution in [3.05, 3.63) is 59.2 Å². The van der Waals surface area contributed by atoms with Crippen LogP contribution in [0.15, 0.2) is 42.5 Å². The second-order valence-corrected chi connectivity index (χ2v) is 4.48. The second kappa shape index (κ2) is 5.57. The summed E-state index contributed by atoms with van der Waals surface area (Å²) in [5.74, 6) is 0.221. The van der Waals surface area contributed by atoms with E-state index >= 15 is 0 Å². The van der Waals surface area contributed by atoms with Crippen LogP contribution in [0.5, 0.6) is 5.75 Å². The van der Waals surface area contributed by atoms with E-state index in [1.165, 1.54) is 0 Å². The van der Waals surface area contributed by atoms with Gasteiger partial charge in [-0.1, -0.05) is 17.7 Å². The molecule has 0 aliphatic carbocycles. The van der Waals surface area contributed by atoms with Gasteiger partial charge >= 0.3 is 5.97 Å². The highest BCUT2D eigenvalue weighted by atomic mass is 16.5. The molecule has 0 amide bonds. The van der Waals surface area contributed by atoms with Crippen LogP contribution in [-0.2, 0) is 0 Å². The number of ether oxygens (including phenoxy) is 1. The SMILES string of the molecule is CNc1ccc(OC(=O)c2ccc(C)cc2)cc1C. The number of benzene rings is 2. The Morgan fingerprint density at radius 1 is 1.05 bits per heavy atom. The van der Waals surface area contributed by atoms with Gasteiger partial charge in [-0.15, -0.1) is 0 Å². The molecule has 3 nitrogen and oxygen atoms in total. The number of esters is 1. The third-order valence-electron chi connectivity index (χ3n) is 2.97. The Morgan fingerprint density at radius 2 is 1.74 bits per heavy atom. The largest absolute Gasteiger partial charge is 0.423 e.